The Balaban J connectivity index is 1.47. The summed E-state index contributed by atoms with van der Waals surface area (Å²) in [5.41, 5.74) is 3.80. The number of carbonyl (C=O) groups is 1. The molecular weight excluding hydrogens is 349 g/mol. The zero-order valence-electron chi connectivity index (χ0n) is 14.1. The molecule has 1 N–H and O–H groups in total. The molecule has 26 heavy (non-hydrogen) atoms. The first-order valence-electron chi connectivity index (χ1n) is 8.54. The molecule has 1 aromatic heterocycles. The third-order valence-corrected chi connectivity index (χ3v) is 5.19. The van der Waals surface area contributed by atoms with Crippen LogP contribution in [0.5, 0.6) is 0 Å². The van der Waals surface area contributed by atoms with Gasteiger partial charge in [-0.3, -0.25) is 4.79 Å². The van der Waals surface area contributed by atoms with Crippen molar-refractivity contribution >= 4 is 28.1 Å². The third kappa shape index (κ3) is 3.60. The number of amides is 1. The molecule has 0 radical (unpaired) electrons. The second-order valence-electron chi connectivity index (χ2n) is 6.22. The Morgan fingerprint density at radius 3 is 2.81 bits per heavy atom. The van der Waals surface area contributed by atoms with Crippen LogP contribution in [0.4, 0.5) is 15.2 Å². The van der Waals surface area contributed by atoms with Crippen LogP contribution in [0.2, 0.25) is 0 Å². The Bertz CT molecular complexity index is 923. The molecule has 1 aliphatic heterocycles. The van der Waals surface area contributed by atoms with E-state index in [4.69, 9.17) is 0 Å². The van der Waals surface area contributed by atoms with Crippen LogP contribution < -0.4 is 10.2 Å². The van der Waals surface area contributed by atoms with Crippen molar-refractivity contribution in [3.8, 4) is 11.3 Å². The number of nitrogens with one attached hydrogen (secondary N) is 1. The number of nitrogens with zero attached hydrogens (tertiary/aromatic N) is 2. The van der Waals surface area contributed by atoms with Crippen LogP contribution in [0, 0.1) is 5.82 Å². The molecule has 3 aromatic rings. The van der Waals surface area contributed by atoms with Crippen molar-refractivity contribution in [2.45, 2.75) is 19.4 Å². The van der Waals surface area contributed by atoms with Crippen LogP contribution >= 0.6 is 11.3 Å². The maximum Gasteiger partial charge on any atom is 0.227 e. The van der Waals surface area contributed by atoms with Crippen LogP contribution in [0.15, 0.2) is 53.9 Å². The van der Waals surface area contributed by atoms with Gasteiger partial charge in [-0.2, -0.15) is 0 Å². The average Bonchev–Trinajstić information content (AvgIpc) is 3.30. The van der Waals surface area contributed by atoms with E-state index in [1.165, 1.54) is 23.5 Å². The van der Waals surface area contributed by atoms with Crippen molar-refractivity contribution in [1.82, 2.24) is 4.98 Å². The van der Waals surface area contributed by atoms with Gasteiger partial charge in [0.25, 0.3) is 0 Å². The predicted molar refractivity (Wildman–Crippen MR) is 103 cm³/mol. The average molecular weight is 367 g/mol. The first-order chi connectivity index (χ1) is 12.7. The highest BCUT2D eigenvalue weighted by Gasteiger charge is 2.21. The van der Waals surface area contributed by atoms with Gasteiger partial charge in [-0.1, -0.05) is 24.3 Å². The molecule has 0 unspecified atom stereocenters. The lowest BCUT2D eigenvalue weighted by molar-refractivity contribution is -0.117. The van der Waals surface area contributed by atoms with E-state index < -0.39 is 0 Å². The minimum Gasteiger partial charge on any atom is -0.357 e. The number of halogens is 1. The van der Waals surface area contributed by atoms with E-state index in [1.54, 1.807) is 12.1 Å². The molecule has 2 aromatic carbocycles. The van der Waals surface area contributed by atoms with Crippen LogP contribution in [-0.2, 0) is 11.3 Å². The summed E-state index contributed by atoms with van der Waals surface area (Å²) in [4.78, 5) is 18.4. The maximum absolute atomic E-state index is 13.0. The molecule has 1 saturated heterocycles. The Kier molecular flexibility index (Phi) is 4.67. The van der Waals surface area contributed by atoms with Gasteiger partial charge in [0, 0.05) is 36.1 Å². The standard InChI is InChI=1S/C20H18FN3OS/c21-16-8-6-14(7-9-16)12-22-20-23-18(13-26-20)15-3-1-4-17(11-15)24-10-2-5-19(24)25/h1,3-4,6-9,11,13H,2,5,10,12H2,(H,22,23). The molecule has 4 nitrogen and oxygen atoms in total. The highest BCUT2D eigenvalue weighted by Crippen LogP contribution is 2.29. The fourth-order valence-electron chi connectivity index (χ4n) is 3.02. The summed E-state index contributed by atoms with van der Waals surface area (Å²) in [5, 5.41) is 6.08. The van der Waals surface area contributed by atoms with Crippen LogP contribution in [0.1, 0.15) is 18.4 Å². The van der Waals surface area contributed by atoms with Crippen LogP contribution in [0.25, 0.3) is 11.3 Å². The van der Waals surface area contributed by atoms with Gasteiger partial charge in [0.2, 0.25) is 5.91 Å². The van der Waals surface area contributed by atoms with Gasteiger partial charge in [-0.05, 0) is 36.2 Å². The summed E-state index contributed by atoms with van der Waals surface area (Å²) in [7, 11) is 0. The van der Waals surface area contributed by atoms with Gasteiger partial charge in [-0.25, -0.2) is 9.37 Å². The number of benzene rings is 2. The zero-order chi connectivity index (χ0) is 17.9. The molecule has 1 fully saturated rings. The van der Waals surface area contributed by atoms with E-state index in [0.29, 0.717) is 13.0 Å². The number of rotatable bonds is 5. The van der Waals surface area contributed by atoms with E-state index in [2.05, 4.69) is 10.3 Å². The normalized spacial score (nSPS) is 14.0. The van der Waals surface area contributed by atoms with E-state index in [-0.39, 0.29) is 11.7 Å². The summed E-state index contributed by atoms with van der Waals surface area (Å²) in [6, 6.07) is 14.4. The lowest BCUT2D eigenvalue weighted by atomic mass is 10.1. The summed E-state index contributed by atoms with van der Waals surface area (Å²) in [6.07, 6.45) is 1.54. The summed E-state index contributed by atoms with van der Waals surface area (Å²) < 4.78 is 13.0. The van der Waals surface area contributed by atoms with Crippen molar-refractivity contribution in [2.24, 2.45) is 0 Å². The molecule has 4 rings (SSSR count). The van der Waals surface area contributed by atoms with Gasteiger partial charge in [-0.15, -0.1) is 11.3 Å². The van der Waals surface area contributed by atoms with Gasteiger partial charge in [0.15, 0.2) is 5.13 Å². The van der Waals surface area contributed by atoms with Crippen LogP contribution in [-0.4, -0.2) is 17.4 Å². The topological polar surface area (TPSA) is 45.2 Å². The van der Waals surface area contributed by atoms with E-state index in [0.717, 1.165) is 40.6 Å². The fourth-order valence-corrected chi connectivity index (χ4v) is 3.74. The molecule has 0 spiro atoms. The van der Waals surface area contributed by atoms with Gasteiger partial charge in [0.1, 0.15) is 5.82 Å². The largest absolute Gasteiger partial charge is 0.357 e. The number of carbonyl (C=O) groups excluding carboxylic acids is 1. The summed E-state index contributed by atoms with van der Waals surface area (Å²) in [5.74, 6) is -0.0521. The highest BCUT2D eigenvalue weighted by atomic mass is 32.1. The smallest absolute Gasteiger partial charge is 0.227 e. The number of hydrogen-bond donors (Lipinski definition) is 1. The highest BCUT2D eigenvalue weighted by molar-refractivity contribution is 7.14. The van der Waals surface area contributed by atoms with Gasteiger partial charge in [0.05, 0.1) is 5.69 Å². The second kappa shape index (κ2) is 7.25. The first-order valence-corrected chi connectivity index (χ1v) is 9.42. The Labute approximate surface area is 155 Å². The van der Waals surface area contributed by atoms with E-state index >= 15 is 0 Å². The van der Waals surface area contributed by atoms with Crippen molar-refractivity contribution in [1.29, 1.82) is 0 Å². The Hall–Kier alpha value is -2.73. The van der Waals surface area contributed by atoms with Crippen LogP contribution in [0.3, 0.4) is 0 Å². The fraction of sp³-hybridized carbons (Fsp3) is 0.200. The van der Waals surface area contributed by atoms with E-state index in [1.807, 2.05) is 34.5 Å². The predicted octanol–water partition coefficient (Wildman–Crippen LogP) is 4.69. The SMILES string of the molecule is O=C1CCCN1c1cccc(-c2csc(NCc3ccc(F)cc3)n2)c1. The van der Waals surface area contributed by atoms with Gasteiger partial charge < -0.3 is 10.2 Å². The summed E-state index contributed by atoms with van der Waals surface area (Å²) in [6.45, 7) is 1.37. The molecular formula is C20H18FN3OS. The number of thiazole rings is 1. The number of anilines is 2. The molecule has 0 bridgehead atoms. The molecule has 0 aliphatic carbocycles. The minimum absolute atomic E-state index is 0.182. The molecule has 132 valence electrons. The number of hydrogen-bond acceptors (Lipinski definition) is 4. The first kappa shape index (κ1) is 16.7. The van der Waals surface area contributed by atoms with Crippen molar-refractivity contribution < 1.29 is 9.18 Å². The zero-order valence-corrected chi connectivity index (χ0v) is 14.9. The van der Waals surface area contributed by atoms with Gasteiger partial charge >= 0.3 is 0 Å². The van der Waals surface area contributed by atoms with Crippen molar-refractivity contribution in [2.75, 3.05) is 16.8 Å². The quantitative estimate of drug-likeness (QED) is 0.712. The molecule has 1 amide bonds. The second-order valence-corrected chi connectivity index (χ2v) is 7.08. The van der Waals surface area contributed by atoms with Crippen molar-refractivity contribution in [3.05, 3.63) is 65.3 Å². The molecule has 1 aliphatic rings. The molecule has 0 saturated carbocycles. The molecule has 6 heteroatoms. The lowest BCUT2D eigenvalue weighted by Gasteiger charge is -2.16. The lowest BCUT2D eigenvalue weighted by Crippen LogP contribution is -2.23. The monoisotopic (exact) mass is 367 g/mol. The Morgan fingerprint density at radius 2 is 2.04 bits per heavy atom. The van der Waals surface area contributed by atoms with Crippen molar-refractivity contribution in [3.63, 3.8) is 0 Å². The Morgan fingerprint density at radius 1 is 1.19 bits per heavy atom. The molecule has 2 heterocycles. The number of aromatic nitrogens is 1. The third-order valence-electron chi connectivity index (χ3n) is 4.39. The maximum atomic E-state index is 13.0. The minimum atomic E-state index is -0.235. The summed E-state index contributed by atoms with van der Waals surface area (Å²) >= 11 is 1.53. The van der Waals surface area contributed by atoms with E-state index in [9.17, 15) is 9.18 Å². The molecule has 0 atom stereocenters.